The second-order valence-corrected chi connectivity index (χ2v) is 10.3. The summed E-state index contributed by atoms with van der Waals surface area (Å²) >= 11 is 0. The molecule has 0 radical (unpaired) electrons. The molecule has 3 rings (SSSR count). The molecule has 0 aromatic carbocycles. The maximum absolute atomic E-state index is 12.9. The Kier molecular flexibility index (Phi) is 3.62. The van der Waals surface area contributed by atoms with Crippen LogP contribution in [0.2, 0.25) is 0 Å². The van der Waals surface area contributed by atoms with Crippen LogP contribution in [0.25, 0.3) is 0 Å². The second kappa shape index (κ2) is 4.97. The first kappa shape index (κ1) is 15.3. The minimum atomic E-state index is -3.04. The molecule has 0 atom stereocenters. The third-order valence-corrected chi connectivity index (χ3v) is 9.01. The van der Waals surface area contributed by atoms with Crippen molar-refractivity contribution < 1.29 is 13.2 Å². The number of hydrogen-bond donors (Lipinski definition) is 0. The highest BCUT2D eigenvalue weighted by Gasteiger charge is 2.51. The molecule has 0 N–H and O–H groups in total. The van der Waals surface area contributed by atoms with Gasteiger partial charge in [-0.2, -0.15) is 0 Å². The summed E-state index contributed by atoms with van der Waals surface area (Å²) in [5, 5.41) is 0. The van der Waals surface area contributed by atoms with Crippen LogP contribution in [-0.2, 0) is 14.6 Å². The van der Waals surface area contributed by atoms with Gasteiger partial charge in [-0.25, -0.2) is 8.42 Å². The van der Waals surface area contributed by atoms with E-state index in [0.29, 0.717) is 25.4 Å². The molecule has 2 aliphatic carbocycles. The van der Waals surface area contributed by atoms with Gasteiger partial charge in [-0.3, -0.25) is 4.79 Å². The minimum Gasteiger partial charge on any atom is -0.341 e. The smallest absolute Gasteiger partial charge is 0.228 e. The maximum Gasteiger partial charge on any atom is 0.228 e. The minimum absolute atomic E-state index is 0.152. The molecule has 21 heavy (non-hydrogen) atoms. The van der Waals surface area contributed by atoms with Gasteiger partial charge in [0.05, 0.1) is 10.5 Å². The Morgan fingerprint density at radius 3 is 2.24 bits per heavy atom. The molecule has 2 saturated carbocycles. The zero-order chi connectivity index (χ0) is 15.3. The highest BCUT2D eigenvalue weighted by molar-refractivity contribution is 7.92. The van der Waals surface area contributed by atoms with Crippen molar-refractivity contribution in [2.45, 2.75) is 63.5 Å². The van der Waals surface area contributed by atoms with E-state index in [9.17, 15) is 13.2 Å². The molecular formula is C16H27NO3S. The molecule has 0 bridgehead atoms. The van der Waals surface area contributed by atoms with E-state index in [1.54, 1.807) is 0 Å². The van der Waals surface area contributed by atoms with Crippen molar-refractivity contribution in [1.82, 2.24) is 4.90 Å². The number of carbonyl (C=O) groups is 1. The molecule has 3 fully saturated rings. The lowest BCUT2D eigenvalue weighted by atomic mass is 9.66. The van der Waals surface area contributed by atoms with Crippen LogP contribution in [0.1, 0.15) is 58.8 Å². The van der Waals surface area contributed by atoms with E-state index >= 15 is 0 Å². The first-order valence-corrected chi connectivity index (χ1v) is 9.95. The molecule has 1 aliphatic heterocycles. The second-order valence-electron chi connectivity index (χ2n) is 7.75. The van der Waals surface area contributed by atoms with Crippen LogP contribution in [-0.4, -0.2) is 42.8 Å². The van der Waals surface area contributed by atoms with Gasteiger partial charge >= 0.3 is 0 Å². The number of rotatable bonds is 2. The highest BCUT2D eigenvalue weighted by atomic mass is 32.2. The van der Waals surface area contributed by atoms with E-state index in [0.717, 1.165) is 32.1 Å². The van der Waals surface area contributed by atoms with Crippen molar-refractivity contribution in [2.75, 3.05) is 18.8 Å². The van der Waals surface area contributed by atoms with Crippen molar-refractivity contribution in [3.8, 4) is 0 Å². The predicted molar refractivity (Wildman–Crippen MR) is 82.7 cm³/mol. The van der Waals surface area contributed by atoms with Crippen LogP contribution in [0.5, 0.6) is 0 Å². The van der Waals surface area contributed by atoms with Crippen LogP contribution < -0.4 is 0 Å². The van der Waals surface area contributed by atoms with Crippen molar-refractivity contribution >= 4 is 15.7 Å². The van der Waals surface area contributed by atoms with Gasteiger partial charge in [0.2, 0.25) is 5.91 Å². The Hall–Kier alpha value is -0.580. The molecule has 1 saturated heterocycles. The van der Waals surface area contributed by atoms with Gasteiger partial charge in [0.25, 0.3) is 0 Å². The number of sulfone groups is 1. The molecule has 0 unspecified atom stereocenters. The first-order chi connectivity index (χ1) is 9.79. The molecule has 120 valence electrons. The standard InChI is InChI=1S/C16H27NO3S/c1-15(2,13-5-3-6-13)14(18)17-10-9-16(7-4-8-16)21(19,20)12-11-17/h13H,3-12H2,1-2H3. The Morgan fingerprint density at radius 1 is 1.10 bits per heavy atom. The summed E-state index contributed by atoms with van der Waals surface area (Å²) in [7, 11) is -3.04. The fourth-order valence-electron chi connectivity index (χ4n) is 4.10. The first-order valence-electron chi connectivity index (χ1n) is 8.30. The van der Waals surface area contributed by atoms with Gasteiger partial charge in [-0.15, -0.1) is 0 Å². The summed E-state index contributed by atoms with van der Waals surface area (Å²) in [5.74, 6) is 0.792. The van der Waals surface area contributed by atoms with Crippen LogP contribution in [0.15, 0.2) is 0 Å². The molecule has 0 aromatic heterocycles. The summed E-state index contributed by atoms with van der Waals surface area (Å²) in [5.41, 5.74) is -0.334. The van der Waals surface area contributed by atoms with Gasteiger partial charge in [0.1, 0.15) is 0 Å². The van der Waals surface area contributed by atoms with Gasteiger partial charge < -0.3 is 4.90 Å². The quantitative estimate of drug-likeness (QED) is 0.786. The molecule has 1 heterocycles. The summed E-state index contributed by atoms with van der Waals surface area (Å²) in [6.45, 7) is 5.09. The number of amides is 1. The normalized spacial score (nSPS) is 28.6. The summed E-state index contributed by atoms with van der Waals surface area (Å²) in [6, 6.07) is 0. The largest absolute Gasteiger partial charge is 0.341 e. The van der Waals surface area contributed by atoms with E-state index in [2.05, 4.69) is 0 Å². The van der Waals surface area contributed by atoms with E-state index in [1.165, 1.54) is 6.42 Å². The number of carbonyl (C=O) groups excluding carboxylic acids is 1. The van der Waals surface area contributed by atoms with Crippen LogP contribution >= 0.6 is 0 Å². The Bertz CT molecular complexity index is 530. The number of nitrogens with zero attached hydrogens (tertiary/aromatic N) is 1. The maximum atomic E-state index is 12.9. The van der Waals surface area contributed by atoms with Crippen LogP contribution in [0, 0.1) is 11.3 Å². The summed E-state index contributed by atoms with van der Waals surface area (Å²) in [4.78, 5) is 14.7. The van der Waals surface area contributed by atoms with E-state index < -0.39 is 14.6 Å². The molecule has 3 aliphatic rings. The average Bonchev–Trinajstić information content (AvgIpc) is 2.40. The lowest BCUT2D eigenvalue weighted by Gasteiger charge is -2.42. The highest BCUT2D eigenvalue weighted by Crippen LogP contribution is 2.46. The fourth-order valence-corrected chi connectivity index (χ4v) is 6.31. The lowest BCUT2D eigenvalue weighted by molar-refractivity contribution is -0.145. The average molecular weight is 313 g/mol. The monoisotopic (exact) mass is 313 g/mol. The van der Waals surface area contributed by atoms with Crippen molar-refractivity contribution in [1.29, 1.82) is 0 Å². The fraction of sp³-hybridized carbons (Fsp3) is 0.938. The third-order valence-electron chi connectivity index (χ3n) is 6.36. The van der Waals surface area contributed by atoms with Crippen molar-refractivity contribution in [2.24, 2.45) is 11.3 Å². The van der Waals surface area contributed by atoms with Crippen LogP contribution in [0.3, 0.4) is 0 Å². The van der Waals surface area contributed by atoms with Gasteiger partial charge in [0.15, 0.2) is 9.84 Å². The zero-order valence-corrected chi connectivity index (χ0v) is 14.0. The SMILES string of the molecule is CC(C)(C(=O)N1CCC2(CCC2)S(=O)(=O)CC1)C1CCC1. The van der Waals surface area contributed by atoms with E-state index in [4.69, 9.17) is 0 Å². The lowest BCUT2D eigenvalue weighted by Crippen LogP contribution is -2.48. The third kappa shape index (κ3) is 2.32. The van der Waals surface area contributed by atoms with E-state index in [-0.39, 0.29) is 17.1 Å². The molecule has 5 heteroatoms. The number of hydrogen-bond acceptors (Lipinski definition) is 3. The molecule has 4 nitrogen and oxygen atoms in total. The zero-order valence-electron chi connectivity index (χ0n) is 13.2. The summed E-state index contributed by atoms with van der Waals surface area (Å²) in [6.07, 6.45) is 6.73. The Morgan fingerprint density at radius 2 is 1.76 bits per heavy atom. The van der Waals surface area contributed by atoms with Crippen molar-refractivity contribution in [3.63, 3.8) is 0 Å². The topological polar surface area (TPSA) is 54.5 Å². The molecule has 0 aromatic rings. The van der Waals surface area contributed by atoms with Crippen LogP contribution in [0.4, 0.5) is 0 Å². The van der Waals surface area contributed by atoms with Crippen molar-refractivity contribution in [3.05, 3.63) is 0 Å². The molecule has 1 spiro atoms. The van der Waals surface area contributed by atoms with E-state index in [1.807, 2.05) is 18.7 Å². The molecular weight excluding hydrogens is 286 g/mol. The van der Waals surface area contributed by atoms with Gasteiger partial charge in [-0.05, 0) is 38.0 Å². The Labute approximate surface area is 128 Å². The van der Waals surface area contributed by atoms with Gasteiger partial charge in [-0.1, -0.05) is 26.7 Å². The van der Waals surface area contributed by atoms with Gasteiger partial charge in [0, 0.05) is 18.5 Å². The Balaban J connectivity index is 1.74. The predicted octanol–water partition coefficient (Wildman–Crippen LogP) is 2.38. The summed E-state index contributed by atoms with van der Waals surface area (Å²) < 4.78 is 24.5. The molecule has 1 amide bonds.